The van der Waals surface area contributed by atoms with Gasteiger partial charge in [0, 0.05) is 0 Å². The summed E-state index contributed by atoms with van der Waals surface area (Å²) in [5.74, 6) is 0.0370. The van der Waals surface area contributed by atoms with E-state index in [4.69, 9.17) is 10.5 Å². The Labute approximate surface area is 115 Å². The molecule has 3 rings (SSSR count). The van der Waals surface area contributed by atoms with E-state index in [2.05, 4.69) is 10.2 Å². The highest BCUT2D eigenvalue weighted by Crippen LogP contribution is 2.33. The van der Waals surface area contributed by atoms with Crippen LogP contribution in [0.5, 0.6) is 0 Å². The quantitative estimate of drug-likeness (QED) is 0.699. The summed E-state index contributed by atoms with van der Waals surface area (Å²) in [6.07, 6.45) is 0. The van der Waals surface area contributed by atoms with Crippen LogP contribution in [0, 0.1) is 0 Å². The number of nitrogens with zero attached hydrogens (tertiary/aromatic N) is 1. The van der Waals surface area contributed by atoms with Gasteiger partial charge in [0.1, 0.15) is 0 Å². The van der Waals surface area contributed by atoms with Crippen molar-refractivity contribution in [3.8, 4) is 11.1 Å². The minimum absolute atomic E-state index is 0.375. The van der Waals surface area contributed by atoms with E-state index in [1.165, 1.54) is 7.11 Å². The maximum Gasteiger partial charge on any atom is 0.338 e. The van der Waals surface area contributed by atoms with E-state index < -0.39 is 0 Å². The monoisotopic (exact) mass is 267 g/mol. The molecule has 0 spiro atoms. The standard InChI is InChI=1S/C15H13N3O2/c1-20-15(19)11-6-3-2-5-9(11)10-7-4-8-12-13(10)14(16)18-17-12/h2-8H,1H3,(H3,16,17,18). The van der Waals surface area contributed by atoms with Gasteiger partial charge in [-0.3, -0.25) is 5.10 Å². The molecule has 0 radical (unpaired) electrons. The van der Waals surface area contributed by atoms with Crippen LogP contribution in [0.2, 0.25) is 0 Å². The number of fused-ring (bicyclic) bond motifs is 1. The van der Waals surface area contributed by atoms with Crippen LogP contribution in [0.4, 0.5) is 5.82 Å². The largest absolute Gasteiger partial charge is 0.465 e. The molecular formula is C15H13N3O2. The summed E-state index contributed by atoms with van der Waals surface area (Å²) in [4.78, 5) is 11.9. The molecule has 2 aromatic carbocycles. The zero-order valence-electron chi connectivity index (χ0n) is 10.9. The topological polar surface area (TPSA) is 81.0 Å². The second-order valence-corrected chi connectivity index (χ2v) is 4.37. The van der Waals surface area contributed by atoms with Crippen molar-refractivity contribution in [2.75, 3.05) is 12.8 Å². The third-order valence-corrected chi connectivity index (χ3v) is 3.24. The van der Waals surface area contributed by atoms with Crippen LogP contribution in [-0.4, -0.2) is 23.3 Å². The predicted molar refractivity (Wildman–Crippen MR) is 77.3 cm³/mol. The molecule has 0 aliphatic rings. The number of H-pyrrole nitrogens is 1. The van der Waals surface area contributed by atoms with Gasteiger partial charge in [-0.05, 0) is 23.3 Å². The van der Waals surface area contributed by atoms with Crippen molar-refractivity contribution in [2.24, 2.45) is 0 Å². The zero-order valence-corrected chi connectivity index (χ0v) is 10.9. The van der Waals surface area contributed by atoms with Crippen LogP contribution >= 0.6 is 0 Å². The van der Waals surface area contributed by atoms with Gasteiger partial charge in [-0.15, -0.1) is 0 Å². The summed E-state index contributed by atoms with van der Waals surface area (Å²) in [5.41, 5.74) is 8.88. The van der Waals surface area contributed by atoms with Gasteiger partial charge in [0.15, 0.2) is 5.82 Å². The number of nitrogen functional groups attached to an aromatic ring is 1. The van der Waals surface area contributed by atoms with Crippen molar-refractivity contribution in [2.45, 2.75) is 0 Å². The van der Waals surface area contributed by atoms with Crippen LogP contribution < -0.4 is 5.73 Å². The van der Waals surface area contributed by atoms with Gasteiger partial charge >= 0.3 is 5.97 Å². The van der Waals surface area contributed by atoms with Gasteiger partial charge in [-0.1, -0.05) is 30.3 Å². The Bertz CT molecular complexity index is 793. The van der Waals surface area contributed by atoms with E-state index in [9.17, 15) is 4.79 Å². The molecule has 1 heterocycles. The number of esters is 1. The Morgan fingerprint density at radius 3 is 2.70 bits per heavy atom. The van der Waals surface area contributed by atoms with Crippen molar-refractivity contribution in [1.82, 2.24) is 10.2 Å². The minimum atomic E-state index is -0.375. The lowest BCUT2D eigenvalue weighted by Gasteiger charge is -2.09. The Morgan fingerprint density at radius 2 is 1.90 bits per heavy atom. The molecule has 0 unspecified atom stereocenters. The van der Waals surface area contributed by atoms with E-state index in [1.807, 2.05) is 30.3 Å². The Morgan fingerprint density at radius 1 is 1.15 bits per heavy atom. The number of methoxy groups -OCH3 is 1. The van der Waals surface area contributed by atoms with E-state index in [1.54, 1.807) is 12.1 Å². The molecule has 0 aliphatic heterocycles. The number of hydrogen-bond acceptors (Lipinski definition) is 4. The number of rotatable bonds is 2. The highest BCUT2D eigenvalue weighted by molar-refractivity contribution is 6.06. The third kappa shape index (κ3) is 1.80. The van der Waals surface area contributed by atoms with Crippen LogP contribution in [-0.2, 0) is 4.74 Å². The summed E-state index contributed by atoms with van der Waals surface area (Å²) in [5, 5.41) is 7.69. The van der Waals surface area contributed by atoms with E-state index in [0.717, 1.165) is 22.0 Å². The number of ether oxygens (including phenoxy) is 1. The first-order chi connectivity index (χ1) is 9.72. The molecule has 1 aromatic heterocycles. The average molecular weight is 267 g/mol. The van der Waals surface area contributed by atoms with E-state index in [-0.39, 0.29) is 5.97 Å². The first-order valence-corrected chi connectivity index (χ1v) is 6.12. The maximum absolute atomic E-state index is 11.9. The third-order valence-electron chi connectivity index (χ3n) is 3.24. The summed E-state index contributed by atoms with van der Waals surface area (Å²) >= 11 is 0. The summed E-state index contributed by atoms with van der Waals surface area (Å²) in [6, 6.07) is 13.0. The van der Waals surface area contributed by atoms with Crippen LogP contribution in [0.15, 0.2) is 42.5 Å². The lowest BCUT2D eigenvalue weighted by atomic mass is 9.96. The molecule has 0 fully saturated rings. The van der Waals surface area contributed by atoms with E-state index >= 15 is 0 Å². The molecule has 0 amide bonds. The Hall–Kier alpha value is -2.82. The molecule has 0 aliphatic carbocycles. The SMILES string of the molecule is COC(=O)c1ccccc1-c1cccc2[nH]nc(N)c12. The van der Waals surface area contributed by atoms with Crippen LogP contribution in [0.3, 0.4) is 0 Å². The molecule has 3 N–H and O–H groups in total. The molecule has 5 heteroatoms. The molecule has 20 heavy (non-hydrogen) atoms. The van der Waals surface area contributed by atoms with Crippen LogP contribution in [0.1, 0.15) is 10.4 Å². The fraction of sp³-hybridized carbons (Fsp3) is 0.0667. The number of aromatic amines is 1. The van der Waals surface area contributed by atoms with Crippen molar-refractivity contribution < 1.29 is 9.53 Å². The molecule has 100 valence electrons. The Balaban J connectivity index is 2.32. The summed E-state index contributed by atoms with van der Waals surface area (Å²) < 4.78 is 4.83. The highest BCUT2D eigenvalue weighted by atomic mass is 16.5. The van der Waals surface area contributed by atoms with Gasteiger partial charge in [-0.2, -0.15) is 5.10 Å². The molecule has 3 aromatic rings. The second-order valence-electron chi connectivity index (χ2n) is 4.37. The number of carbonyl (C=O) groups excluding carboxylic acids is 1. The van der Waals surface area contributed by atoms with Crippen molar-refractivity contribution >= 4 is 22.7 Å². The second kappa shape index (κ2) is 4.70. The highest BCUT2D eigenvalue weighted by Gasteiger charge is 2.16. The number of hydrogen-bond donors (Lipinski definition) is 2. The molecule has 0 atom stereocenters. The number of anilines is 1. The molecule has 0 saturated heterocycles. The van der Waals surface area contributed by atoms with Crippen molar-refractivity contribution in [3.05, 3.63) is 48.0 Å². The number of aromatic nitrogens is 2. The lowest BCUT2D eigenvalue weighted by Crippen LogP contribution is -2.03. The number of carbonyl (C=O) groups is 1. The molecule has 0 saturated carbocycles. The van der Waals surface area contributed by atoms with Crippen LogP contribution in [0.25, 0.3) is 22.0 Å². The maximum atomic E-state index is 11.9. The smallest absolute Gasteiger partial charge is 0.338 e. The van der Waals surface area contributed by atoms with E-state index in [0.29, 0.717) is 11.4 Å². The number of nitrogens with one attached hydrogen (secondary N) is 1. The van der Waals surface area contributed by atoms with Gasteiger partial charge in [0.2, 0.25) is 0 Å². The normalized spacial score (nSPS) is 10.7. The number of nitrogens with two attached hydrogens (primary N) is 1. The zero-order chi connectivity index (χ0) is 14.1. The van der Waals surface area contributed by atoms with Crippen molar-refractivity contribution in [3.63, 3.8) is 0 Å². The molecule has 0 bridgehead atoms. The fourth-order valence-electron chi connectivity index (χ4n) is 2.33. The van der Waals surface area contributed by atoms with Gasteiger partial charge in [0.05, 0.1) is 23.6 Å². The molecule has 5 nitrogen and oxygen atoms in total. The fourth-order valence-corrected chi connectivity index (χ4v) is 2.33. The predicted octanol–water partition coefficient (Wildman–Crippen LogP) is 2.60. The lowest BCUT2D eigenvalue weighted by molar-refractivity contribution is 0.0601. The van der Waals surface area contributed by atoms with Crippen molar-refractivity contribution in [1.29, 1.82) is 0 Å². The van der Waals surface area contributed by atoms with Gasteiger partial charge < -0.3 is 10.5 Å². The minimum Gasteiger partial charge on any atom is -0.465 e. The van der Waals surface area contributed by atoms with Gasteiger partial charge in [0.25, 0.3) is 0 Å². The summed E-state index contributed by atoms with van der Waals surface area (Å²) in [6.45, 7) is 0. The average Bonchev–Trinajstić information content (AvgIpc) is 2.88. The first kappa shape index (κ1) is 12.2. The summed E-state index contributed by atoms with van der Waals surface area (Å²) in [7, 11) is 1.37. The number of benzene rings is 2. The van der Waals surface area contributed by atoms with Gasteiger partial charge in [-0.25, -0.2) is 4.79 Å². The Kier molecular flexibility index (Phi) is 2.87. The molecular weight excluding hydrogens is 254 g/mol. The first-order valence-electron chi connectivity index (χ1n) is 6.12.